The Morgan fingerprint density at radius 2 is 2.18 bits per heavy atom. The van der Waals surface area contributed by atoms with Crippen molar-refractivity contribution in [2.45, 2.75) is 17.0 Å². The van der Waals surface area contributed by atoms with Crippen LogP contribution in [-0.2, 0) is 7.05 Å². The van der Waals surface area contributed by atoms with Gasteiger partial charge in [-0.05, 0) is 30.8 Å². The number of hydrogen-bond acceptors (Lipinski definition) is 4. The molecule has 6 heteroatoms. The third kappa shape index (κ3) is 2.36. The van der Waals surface area contributed by atoms with Crippen LogP contribution in [0.4, 0.5) is 4.39 Å². The van der Waals surface area contributed by atoms with Crippen molar-refractivity contribution >= 4 is 18.0 Å². The van der Waals surface area contributed by atoms with E-state index in [1.807, 2.05) is 14.0 Å². The molecule has 0 radical (unpaired) electrons. The van der Waals surface area contributed by atoms with Crippen molar-refractivity contribution in [3.63, 3.8) is 0 Å². The molecule has 2 aromatic rings. The minimum absolute atomic E-state index is 0.320. The van der Waals surface area contributed by atoms with Gasteiger partial charge in [0.25, 0.3) is 0 Å². The molecule has 88 valence electrons. The van der Waals surface area contributed by atoms with Gasteiger partial charge in [-0.2, -0.15) is 0 Å². The molecule has 0 spiro atoms. The first kappa shape index (κ1) is 11.8. The first-order valence-electron chi connectivity index (χ1n) is 4.90. The Hall–Kier alpha value is -1.69. The number of aromatic nitrogens is 3. The van der Waals surface area contributed by atoms with Gasteiger partial charge in [-0.25, -0.2) is 4.39 Å². The lowest BCUT2D eigenvalue weighted by Gasteiger charge is -2.03. The topological polar surface area (TPSA) is 47.8 Å². The molecule has 0 aliphatic heterocycles. The number of halogens is 1. The Morgan fingerprint density at radius 1 is 1.41 bits per heavy atom. The third-order valence-corrected chi connectivity index (χ3v) is 3.43. The van der Waals surface area contributed by atoms with E-state index in [0.717, 1.165) is 5.82 Å². The van der Waals surface area contributed by atoms with Gasteiger partial charge in [0.2, 0.25) is 0 Å². The summed E-state index contributed by atoms with van der Waals surface area (Å²) in [7, 11) is 1.81. The maximum absolute atomic E-state index is 13.6. The van der Waals surface area contributed by atoms with Crippen molar-refractivity contribution in [2.75, 3.05) is 0 Å². The second-order valence-corrected chi connectivity index (χ2v) is 4.51. The lowest BCUT2D eigenvalue weighted by molar-refractivity contribution is 0.112. The zero-order valence-electron chi connectivity index (χ0n) is 9.35. The van der Waals surface area contributed by atoms with Crippen LogP contribution in [0.2, 0.25) is 0 Å². The van der Waals surface area contributed by atoms with Crippen molar-refractivity contribution in [3.8, 4) is 0 Å². The summed E-state index contributed by atoms with van der Waals surface area (Å²) in [5, 5.41) is 8.43. The average molecular weight is 251 g/mol. The molecule has 0 atom stereocenters. The summed E-state index contributed by atoms with van der Waals surface area (Å²) in [6.45, 7) is 1.82. The fourth-order valence-corrected chi connectivity index (χ4v) is 2.09. The predicted molar refractivity (Wildman–Crippen MR) is 61.7 cm³/mol. The summed E-state index contributed by atoms with van der Waals surface area (Å²) >= 11 is 1.18. The molecule has 0 aliphatic carbocycles. The molecular weight excluding hydrogens is 241 g/mol. The van der Waals surface area contributed by atoms with E-state index in [4.69, 9.17) is 0 Å². The highest BCUT2D eigenvalue weighted by Crippen LogP contribution is 2.28. The van der Waals surface area contributed by atoms with Gasteiger partial charge in [-0.3, -0.25) is 4.79 Å². The summed E-state index contributed by atoms with van der Waals surface area (Å²) in [4.78, 5) is 10.9. The molecule has 17 heavy (non-hydrogen) atoms. The Morgan fingerprint density at radius 3 is 2.71 bits per heavy atom. The summed E-state index contributed by atoms with van der Waals surface area (Å²) in [5.74, 6) is 0.331. The molecule has 0 amide bonds. The quantitative estimate of drug-likeness (QED) is 0.785. The molecule has 0 N–H and O–H groups in total. The maximum atomic E-state index is 13.6. The standard InChI is InChI=1S/C11H10FN3OS/c1-7-13-14-11(15(7)2)17-10-4-3-8(6-16)5-9(10)12/h3-6H,1-2H3. The lowest BCUT2D eigenvalue weighted by atomic mass is 10.2. The summed E-state index contributed by atoms with van der Waals surface area (Å²) in [6, 6.07) is 4.34. The van der Waals surface area contributed by atoms with Gasteiger partial charge in [-0.15, -0.1) is 10.2 Å². The minimum atomic E-state index is -0.430. The fraction of sp³-hybridized carbons (Fsp3) is 0.182. The Bertz CT molecular complexity index is 568. The van der Waals surface area contributed by atoms with Crippen LogP contribution in [0.15, 0.2) is 28.3 Å². The summed E-state index contributed by atoms with van der Waals surface area (Å²) in [6.07, 6.45) is 0.615. The average Bonchev–Trinajstić information content (AvgIpc) is 2.63. The number of hydrogen-bond donors (Lipinski definition) is 0. The first-order valence-corrected chi connectivity index (χ1v) is 5.72. The van der Waals surface area contributed by atoms with Crippen LogP contribution in [0.1, 0.15) is 16.2 Å². The van der Waals surface area contributed by atoms with E-state index in [1.165, 1.54) is 17.8 Å². The molecule has 2 rings (SSSR count). The highest BCUT2D eigenvalue weighted by molar-refractivity contribution is 7.99. The van der Waals surface area contributed by atoms with Crippen molar-refractivity contribution in [3.05, 3.63) is 35.4 Å². The number of aryl methyl sites for hydroxylation is 1. The smallest absolute Gasteiger partial charge is 0.195 e. The van der Waals surface area contributed by atoms with E-state index in [0.29, 0.717) is 21.9 Å². The van der Waals surface area contributed by atoms with E-state index < -0.39 is 5.82 Å². The monoisotopic (exact) mass is 251 g/mol. The Kier molecular flexibility index (Phi) is 3.23. The largest absolute Gasteiger partial charge is 0.309 e. The highest BCUT2D eigenvalue weighted by atomic mass is 32.2. The molecule has 0 saturated heterocycles. The molecule has 0 aliphatic rings. The second kappa shape index (κ2) is 4.67. The number of rotatable bonds is 3. The fourth-order valence-electron chi connectivity index (χ4n) is 1.25. The van der Waals surface area contributed by atoms with Gasteiger partial charge < -0.3 is 4.57 Å². The molecule has 1 aromatic heterocycles. The van der Waals surface area contributed by atoms with Gasteiger partial charge in [0.05, 0.1) is 4.90 Å². The molecule has 4 nitrogen and oxygen atoms in total. The lowest BCUT2D eigenvalue weighted by Crippen LogP contribution is -1.94. The van der Waals surface area contributed by atoms with Gasteiger partial charge in [0, 0.05) is 12.6 Å². The maximum Gasteiger partial charge on any atom is 0.195 e. The van der Waals surface area contributed by atoms with Crippen LogP contribution >= 0.6 is 11.8 Å². The second-order valence-electron chi connectivity index (χ2n) is 3.50. The SMILES string of the molecule is Cc1nnc(Sc2ccc(C=O)cc2F)n1C. The van der Waals surface area contributed by atoms with Crippen molar-refractivity contribution in [2.24, 2.45) is 7.05 Å². The van der Waals surface area contributed by atoms with Gasteiger partial charge in [0.15, 0.2) is 5.16 Å². The van der Waals surface area contributed by atoms with E-state index in [1.54, 1.807) is 16.7 Å². The third-order valence-electron chi connectivity index (χ3n) is 2.35. The zero-order valence-corrected chi connectivity index (χ0v) is 10.2. The van der Waals surface area contributed by atoms with Crippen LogP contribution < -0.4 is 0 Å². The highest BCUT2D eigenvalue weighted by Gasteiger charge is 2.10. The van der Waals surface area contributed by atoms with Crippen LogP contribution in [-0.4, -0.2) is 21.1 Å². The van der Waals surface area contributed by atoms with Crippen LogP contribution in [0.25, 0.3) is 0 Å². The molecule has 0 bridgehead atoms. The van der Waals surface area contributed by atoms with Crippen LogP contribution in [0.3, 0.4) is 0 Å². The molecule has 0 saturated carbocycles. The number of carbonyl (C=O) groups is 1. The van der Waals surface area contributed by atoms with Gasteiger partial charge in [0.1, 0.15) is 17.9 Å². The Labute approximate surface area is 102 Å². The van der Waals surface area contributed by atoms with E-state index in [2.05, 4.69) is 10.2 Å². The molecule has 0 unspecified atom stereocenters. The predicted octanol–water partition coefficient (Wildman–Crippen LogP) is 2.23. The molecule has 1 heterocycles. The summed E-state index contributed by atoms with van der Waals surface area (Å²) < 4.78 is 15.4. The minimum Gasteiger partial charge on any atom is -0.309 e. The van der Waals surface area contributed by atoms with E-state index >= 15 is 0 Å². The zero-order chi connectivity index (χ0) is 12.4. The van der Waals surface area contributed by atoms with E-state index in [9.17, 15) is 9.18 Å². The number of carbonyl (C=O) groups excluding carboxylic acids is 1. The van der Waals surface area contributed by atoms with Crippen LogP contribution in [0, 0.1) is 12.7 Å². The molecular formula is C11H10FN3OS. The number of nitrogens with zero attached hydrogens (tertiary/aromatic N) is 3. The number of aldehydes is 1. The molecule has 1 aromatic carbocycles. The van der Waals surface area contributed by atoms with Crippen molar-refractivity contribution in [1.29, 1.82) is 0 Å². The van der Waals surface area contributed by atoms with Crippen molar-refractivity contribution < 1.29 is 9.18 Å². The number of benzene rings is 1. The normalized spacial score (nSPS) is 10.5. The first-order chi connectivity index (χ1) is 8.11. The van der Waals surface area contributed by atoms with Gasteiger partial charge >= 0.3 is 0 Å². The summed E-state index contributed by atoms with van der Waals surface area (Å²) in [5.41, 5.74) is 0.320. The van der Waals surface area contributed by atoms with Crippen LogP contribution in [0.5, 0.6) is 0 Å². The Balaban J connectivity index is 2.30. The van der Waals surface area contributed by atoms with E-state index in [-0.39, 0.29) is 0 Å². The van der Waals surface area contributed by atoms with Crippen molar-refractivity contribution in [1.82, 2.24) is 14.8 Å². The molecule has 0 fully saturated rings. The van der Waals surface area contributed by atoms with Gasteiger partial charge in [-0.1, -0.05) is 6.07 Å².